The van der Waals surface area contributed by atoms with Crippen LogP contribution < -0.4 is 5.32 Å². The van der Waals surface area contributed by atoms with Crippen molar-refractivity contribution in [2.45, 2.75) is 13.0 Å². The second kappa shape index (κ2) is 10.4. The molecule has 3 aromatic rings. The predicted molar refractivity (Wildman–Crippen MR) is 136 cm³/mol. The molecule has 1 N–H and O–H groups in total. The fourth-order valence-corrected chi connectivity index (χ4v) is 4.55. The average molecular weight is 461 g/mol. The number of nitrogens with zero attached hydrogens (tertiary/aromatic N) is 3. The van der Waals surface area contributed by atoms with Gasteiger partial charge in [0.1, 0.15) is 5.84 Å². The molecule has 2 aliphatic rings. The first-order valence-electron chi connectivity index (χ1n) is 11.6. The largest absolute Gasteiger partial charge is 0.377 e. The quantitative estimate of drug-likeness (QED) is 0.479. The zero-order chi connectivity index (χ0) is 22.5. The highest BCUT2D eigenvalue weighted by molar-refractivity contribution is 6.31. The monoisotopic (exact) mass is 460 g/mol. The van der Waals surface area contributed by atoms with Gasteiger partial charge in [0.2, 0.25) is 0 Å². The molecule has 170 valence electrons. The second-order valence-corrected chi connectivity index (χ2v) is 8.92. The van der Waals surface area contributed by atoms with Crippen LogP contribution in [-0.2, 0) is 11.3 Å². The van der Waals surface area contributed by atoms with Gasteiger partial charge < -0.3 is 15.0 Å². The molecule has 0 spiro atoms. The molecule has 0 amide bonds. The number of halogens is 1. The normalized spacial score (nSPS) is 15.8. The van der Waals surface area contributed by atoms with Crippen LogP contribution in [0.4, 0.5) is 17.1 Å². The lowest BCUT2D eigenvalue weighted by atomic mass is 10.1. The van der Waals surface area contributed by atoms with Crippen molar-refractivity contribution in [2.24, 2.45) is 4.99 Å². The Balaban J connectivity index is 1.18. The molecule has 0 bridgehead atoms. The molecule has 3 aromatic carbocycles. The van der Waals surface area contributed by atoms with E-state index in [1.165, 1.54) is 5.56 Å². The smallest absolute Gasteiger partial charge is 0.138 e. The molecule has 5 nitrogen and oxygen atoms in total. The molecule has 0 atom stereocenters. The Bertz CT molecular complexity index is 1110. The first-order valence-corrected chi connectivity index (χ1v) is 12.0. The highest BCUT2D eigenvalue weighted by Gasteiger charge is 2.24. The van der Waals surface area contributed by atoms with Gasteiger partial charge in [-0.05, 0) is 42.3 Å². The molecule has 2 aliphatic heterocycles. The maximum absolute atomic E-state index is 6.27. The van der Waals surface area contributed by atoms with E-state index in [0.717, 1.165) is 74.2 Å². The summed E-state index contributed by atoms with van der Waals surface area (Å²) in [6, 6.07) is 24.6. The summed E-state index contributed by atoms with van der Waals surface area (Å²) in [5, 5.41) is 4.23. The van der Waals surface area contributed by atoms with Crippen LogP contribution in [0.1, 0.15) is 17.5 Å². The lowest BCUT2D eigenvalue weighted by Gasteiger charge is -2.36. The van der Waals surface area contributed by atoms with Gasteiger partial charge in [0, 0.05) is 55.6 Å². The summed E-state index contributed by atoms with van der Waals surface area (Å²) in [4.78, 5) is 9.99. The van der Waals surface area contributed by atoms with Crippen molar-refractivity contribution < 1.29 is 4.74 Å². The van der Waals surface area contributed by atoms with E-state index in [4.69, 9.17) is 21.3 Å². The number of benzene rings is 3. The van der Waals surface area contributed by atoms with Crippen LogP contribution in [0.3, 0.4) is 0 Å². The molecule has 6 heteroatoms. The minimum Gasteiger partial charge on any atom is -0.377 e. The fraction of sp³-hybridized carbons (Fsp3) is 0.296. The fourth-order valence-electron chi connectivity index (χ4n) is 4.39. The van der Waals surface area contributed by atoms with E-state index < -0.39 is 0 Å². The molecule has 0 aromatic heterocycles. The summed E-state index contributed by atoms with van der Waals surface area (Å²) in [6.45, 7) is 6.49. The van der Waals surface area contributed by atoms with Crippen LogP contribution in [0, 0.1) is 0 Å². The van der Waals surface area contributed by atoms with Crippen LogP contribution in [0.15, 0.2) is 77.8 Å². The number of amidine groups is 1. The Morgan fingerprint density at radius 3 is 2.52 bits per heavy atom. The van der Waals surface area contributed by atoms with Gasteiger partial charge >= 0.3 is 0 Å². The van der Waals surface area contributed by atoms with Crippen molar-refractivity contribution in [3.8, 4) is 0 Å². The number of anilines is 2. The van der Waals surface area contributed by atoms with Crippen molar-refractivity contribution in [1.82, 2.24) is 9.80 Å². The Kier molecular flexibility index (Phi) is 6.91. The SMILES string of the molecule is Clc1ccc2c(c1)N=C(N1CCN(CCCOCc3ccccc3)CC1)c1ccccc1N2. The molecule has 0 unspecified atom stereocenters. The summed E-state index contributed by atoms with van der Waals surface area (Å²) in [7, 11) is 0. The first kappa shape index (κ1) is 22.0. The molecule has 5 rings (SSSR count). The van der Waals surface area contributed by atoms with E-state index in [1.54, 1.807) is 0 Å². The first-order chi connectivity index (χ1) is 16.3. The minimum absolute atomic E-state index is 0.688. The third kappa shape index (κ3) is 5.38. The number of hydrogen-bond acceptors (Lipinski definition) is 5. The van der Waals surface area contributed by atoms with Gasteiger partial charge in [-0.2, -0.15) is 0 Å². The number of ether oxygens (including phenoxy) is 1. The van der Waals surface area contributed by atoms with Gasteiger partial charge in [0.15, 0.2) is 0 Å². The highest BCUT2D eigenvalue weighted by Crippen LogP contribution is 2.36. The van der Waals surface area contributed by atoms with E-state index in [-0.39, 0.29) is 0 Å². The molecule has 0 aliphatic carbocycles. The number of rotatable bonds is 6. The Morgan fingerprint density at radius 2 is 1.67 bits per heavy atom. The standard InChI is InChI=1S/C27H29ClN4O/c28-22-11-12-25-26(19-22)30-27(23-9-4-5-10-24(23)29-25)32-16-14-31(15-17-32)13-6-18-33-20-21-7-2-1-3-8-21/h1-5,7-12,19,29H,6,13-18,20H2. The molecule has 1 fully saturated rings. The molecular weight excluding hydrogens is 432 g/mol. The van der Waals surface area contributed by atoms with Crippen LogP contribution in [0.25, 0.3) is 0 Å². The molecule has 0 radical (unpaired) electrons. The molecule has 0 saturated carbocycles. The Hall–Kier alpha value is -2.86. The van der Waals surface area contributed by atoms with E-state index in [2.05, 4.69) is 63.6 Å². The van der Waals surface area contributed by atoms with Crippen molar-refractivity contribution in [2.75, 3.05) is 44.6 Å². The van der Waals surface area contributed by atoms with Crippen molar-refractivity contribution in [1.29, 1.82) is 0 Å². The Morgan fingerprint density at radius 1 is 0.879 bits per heavy atom. The number of piperazine rings is 1. The Labute approximate surface area is 200 Å². The third-order valence-electron chi connectivity index (χ3n) is 6.17. The second-order valence-electron chi connectivity index (χ2n) is 8.49. The zero-order valence-corrected chi connectivity index (χ0v) is 19.5. The zero-order valence-electron chi connectivity index (χ0n) is 18.7. The van der Waals surface area contributed by atoms with Crippen LogP contribution in [-0.4, -0.2) is 55.0 Å². The summed E-state index contributed by atoms with van der Waals surface area (Å²) in [5.41, 5.74) is 5.30. The molecule has 1 saturated heterocycles. The summed E-state index contributed by atoms with van der Waals surface area (Å²) < 4.78 is 5.85. The minimum atomic E-state index is 0.688. The number of fused-ring (bicyclic) bond motifs is 2. The van der Waals surface area contributed by atoms with Crippen molar-refractivity contribution in [3.63, 3.8) is 0 Å². The number of para-hydroxylation sites is 1. The topological polar surface area (TPSA) is 40.1 Å². The average Bonchev–Trinajstić information content (AvgIpc) is 3.01. The number of nitrogens with one attached hydrogen (secondary N) is 1. The summed E-state index contributed by atoms with van der Waals surface area (Å²) in [6.07, 6.45) is 1.05. The van der Waals surface area contributed by atoms with Crippen LogP contribution in [0.2, 0.25) is 5.02 Å². The highest BCUT2D eigenvalue weighted by atomic mass is 35.5. The van der Waals surface area contributed by atoms with Gasteiger partial charge in [0.25, 0.3) is 0 Å². The van der Waals surface area contributed by atoms with E-state index in [1.807, 2.05) is 24.3 Å². The van der Waals surface area contributed by atoms with Crippen LogP contribution in [0.5, 0.6) is 0 Å². The van der Waals surface area contributed by atoms with Gasteiger partial charge in [-0.1, -0.05) is 54.1 Å². The van der Waals surface area contributed by atoms with E-state index in [0.29, 0.717) is 11.6 Å². The number of hydrogen-bond donors (Lipinski definition) is 1. The van der Waals surface area contributed by atoms with Crippen LogP contribution >= 0.6 is 11.6 Å². The van der Waals surface area contributed by atoms with Gasteiger partial charge in [0.05, 0.1) is 18.0 Å². The van der Waals surface area contributed by atoms with Gasteiger partial charge in [-0.25, -0.2) is 4.99 Å². The van der Waals surface area contributed by atoms with Crippen molar-refractivity contribution >= 4 is 34.5 Å². The van der Waals surface area contributed by atoms with Gasteiger partial charge in [-0.15, -0.1) is 0 Å². The van der Waals surface area contributed by atoms with E-state index >= 15 is 0 Å². The maximum atomic E-state index is 6.27. The molecule has 2 heterocycles. The summed E-state index contributed by atoms with van der Waals surface area (Å²) >= 11 is 6.27. The summed E-state index contributed by atoms with van der Waals surface area (Å²) in [5.74, 6) is 1.02. The van der Waals surface area contributed by atoms with Crippen molar-refractivity contribution in [3.05, 3.63) is 88.9 Å². The lowest BCUT2D eigenvalue weighted by molar-refractivity contribution is 0.101. The third-order valence-corrected chi connectivity index (χ3v) is 6.40. The van der Waals surface area contributed by atoms with Gasteiger partial charge in [-0.3, -0.25) is 4.90 Å². The molecular formula is C27H29ClN4O. The lowest BCUT2D eigenvalue weighted by Crippen LogP contribution is -2.49. The predicted octanol–water partition coefficient (Wildman–Crippen LogP) is 5.70. The maximum Gasteiger partial charge on any atom is 0.138 e. The van der Waals surface area contributed by atoms with E-state index in [9.17, 15) is 0 Å². The molecule has 33 heavy (non-hydrogen) atoms. The number of aliphatic imine (C=N–C) groups is 1.